The number of nitrogens with zero attached hydrogens (tertiary/aromatic N) is 1. The molecule has 0 saturated heterocycles. The summed E-state index contributed by atoms with van der Waals surface area (Å²) < 4.78 is 15.4. The van der Waals surface area contributed by atoms with Gasteiger partial charge in [-0.2, -0.15) is 0 Å². The minimum Gasteiger partial charge on any atom is -0.352 e. The molecule has 0 radical (unpaired) electrons. The second kappa shape index (κ2) is 4.45. The number of amides is 1. The minimum absolute atomic E-state index is 0.0799. The van der Waals surface area contributed by atoms with Crippen LogP contribution in [0.2, 0.25) is 0 Å². The molecule has 19 heavy (non-hydrogen) atoms. The fourth-order valence-electron chi connectivity index (χ4n) is 2.15. The number of hydrogen-bond acceptors (Lipinski definition) is 2. The molecule has 1 aliphatic rings. The smallest absolute Gasteiger partial charge is 0.243 e. The summed E-state index contributed by atoms with van der Waals surface area (Å²) in [6.45, 7) is 1.77. The Morgan fingerprint density at radius 1 is 1.58 bits per heavy atom. The number of aromatic nitrogens is 2. The van der Waals surface area contributed by atoms with Crippen LogP contribution in [0.1, 0.15) is 25.8 Å². The molecule has 1 heterocycles. The monoisotopic (exact) mass is 279 g/mol. The first-order valence-corrected chi connectivity index (χ1v) is 6.67. The highest BCUT2D eigenvalue weighted by Gasteiger charge is 2.27. The molecule has 1 fully saturated rings. The van der Waals surface area contributed by atoms with Crippen molar-refractivity contribution in [3.8, 4) is 0 Å². The molecule has 1 aliphatic carbocycles. The Bertz CT molecular complexity index is 701. The van der Waals surface area contributed by atoms with Gasteiger partial charge in [-0.25, -0.2) is 4.39 Å². The Labute approximate surface area is 114 Å². The number of carbonyl (C=O) groups is 1. The van der Waals surface area contributed by atoms with E-state index < -0.39 is 6.04 Å². The van der Waals surface area contributed by atoms with Crippen LogP contribution >= 0.6 is 12.2 Å². The number of imidazole rings is 1. The first kappa shape index (κ1) is 12.3. The minimum atomic E-state index is -0.455. The van der Waals surface area contributed by atoms with E-state index in [0.717, 1.165) is 18.4 Å². The fourth-order valence-corrected chi connectivity index (χ4v) is 2.51. The van der Waals surface area contributed by atoms with E-state index >= 15 is 0 Å². The van der Waals surface area contributed by atoms with E-state index in [2.05, 4.69) is 10.3 Å². The van der Waals surface area contributed by atoms with Crippen LogP contribution in [0.4, 0.5) is 4.39 Å². The van der Waals surface area contributed by atoms with Gasteiger partial charge < -0.3 is 14.9 Å². The third-order valence-electron chi connectivity index (χ3n) is 3.37. The molecule has 1 amide bonds. The van der Waals surface area contributed by atoms with Crippen molar-refractivity contribution in [1.29, 1.82) is 0 Å². The number of rotatable bonds is 3. The molecule has 0 aliphatic heterocycles. The van der Waals surface area contributed by atoms with E-state index in [1.54, 1.807) is 17.6 Å². The van der Waals surface area contributed by atoms with Crippen LogP contribution in [0.5, 0.6) is 0 Å². The molecule has 3 rings (SSSR count). The fraction of sp³-hybridized carbons (Fsp3) is 0.385. The lowest BCUT2D eigenvalue weighted by molar-refractivity contribution is -0.123. The Kier molecular flexibility index (Phi) is 2.89. The van der Waals surface area contributed by atoms with E-state index in [9.17, 15) is 9.18 Å². The Balaban J connectivity index is 2.02. The Morgan fingerprint density at radius 3 is 3.00 bits per heavy atom. The van der Waals surface area contributed by atoms with Crippen LogP contribution < -0.4 is 5.32 Å². The molecule has 100 valence electrons. The lowest BCUT2D eigenvalue weighted by Crippen LogP contribution is -2.32. The third-order valence-corrected chi connectivity index (χ3v) is 3.67. The van der Waals surface area contributed by atoms with Crippen LogP contribution in [-0.4, -0.2) is 21.5 Å². The van der Waals surface area contributed by atoms with Gasteiger partial charge in [0, 0.05) is 6.04 Å². The van der Waals surface area contributed by atoms with Crippen molar-refractivity contribution >= 4 is 29.2 Å². The predicted molar refractivity (Wildman–Crippen MR) is 73.0 cm³/mol. The maximum Gasteiger partial charge on any atom is 0.243 e. The maximum absolute atomic E-state index is 13.3. The van der Waals surface area contributed by atoms with Crippen molar-refractivity contribution in [3.63, 3.8) is 0 Å². The van der Waals surface area contributed by atoms with Crippen LogP contribution in [0.15, 0.2) is 18.2 Å². The number of carbonyl (C=O) groups excluding carboxylic acids is 1. The summed E-state index contributed by atoms with van der Waals surface area (Å²) in [7, 11) is 0. The van der Waals surface area contributed by atoms with Crippen LogP contribution in [-0.2, 0) is 4.79 Å². The molecular formula is C13H14FN3OS. The first-order valence-electron chi connectivity index (χ1n) is 6.26. The molecular weight excluding hydrogens is 265 g/mol. The van der Waals surface area contributed by atoms with Crippen LogP contribution in [0.25, 0.3) is 11.0 Å². The topological polar surface area (TPSA) is 49.8 Å². The maximum atomic E-state index is 13.3. The first-order chi connectivity index (χ1) is 9.06. The molecule has 1 saturated carbocycles. The molecule has 2 N–H and O–H groups in total. The normalized spacial score (nSPS) is 16.5. The molecule has 0 bridgehead atoms. The number of nitrogens with one attached hydrogen (secondary N) is 2. The average molecular weight is 279 g/mol. The van der Waals surface area contributed by atoms with E-state index in [1.165, 1.54) is 12.1 Å². The summed E-state index contributed by atoms with van der Waals surface area (Å²) in [5.41, 5.74) is 1.35. The van der Waals surface area contributed by atoms with Crippen molar-refractivity contribution < 1.29 is 9.18 Å². The number of fused-ring (bicyclic) bond motifs is 1. The molecule has 6 heteroatoms. The second-order valence-corrected chi connectivity index (χ2v) is 5.31. The van der Waals surface area contributed by atoms with Crippen molar-refractivity contribution in [2.24, 2.45) is 0 Å². The summed E-state index contributed by atoms with van der Waals surface area (Å²) in [4.78, 5) is 15.1. The van der Waals surface area contributed by atoms with E-state index in [-0.39, 0.29) is 11.7 Å². The van der Waals surface area contributed by atoms with Crippen LogP contribution in [0, 0.1) is 10.6 Å². The summed E-state index contributed by atoms with van der Waals surface area (Å²) >= 11 is 5.23. The van der Waals surface area contributed by atoms with Gasteiger partial charge in [0.1, 0.15) is 11.9 Å². The highest BCUT2D eigenvalue weighted by Crippen LogP contribution is 2.23. The van der Waals surface area contributed by atoms with Gasteiger partial charge in [0.15, 0.2) is 4.77 Å². The summed E-state index contributed by atoms with van der Waals surface area (Å²) in [5.74, 6) is -0.422. The number of benzene rings is 1. The van der Waals surface area contributed by atoms with Gasteiger partial charge in [-0.3, -0.25) is 4.79 Å². The zero-order valence-electron chi connectivity index (χ0n) is 10.4. The van der Waals surface area contributed by atoms with Crippen molar-refractivity contribution in [2.45, 2.75) is 31.8 Å². The predicted octanol–water partition coefficient (Wildman–Crippen LogP) is 2.68. The zero-order valence-corrected chi connectivity index (χ0v) is 11.3. The van der Waals surface area contributed by atoms with Gasteiger partial charge in [-0.05, 0) is 50.2 Å². The van der Waals surface area contributed by atoms with Gasteiger partial charge in [0.05, 0.1) is 11.0 Å². The molecule has 1 unspecified atom stereocenters. The Hall–Kier alpha value is -1.69. The molecule has 0 spiro atoms. The third kappa shape index (κ3) is 2.28. The average Bonchev–Trinajstić information content (AvgIpc) is 3.10. The number of aromatic amines is 1. The largest absolute Gasteiger partial charge is 0.352 e. The van der Waals surface area contributed by atoms with Gasteiger partial charge >= 0.3 is 0 Å². The molecule has 1 aromatic heterocycles. The van der Waals surface area contributed by atoms with Gasteiger partial charge in [-0.1, -0.05) is 0 Å². The number of halogens is 1. The summed E-state index contributed by atoms with van der Waals surface area (Å²) in [6.07, 6.45) is 2.07. The van der Waals surface area contributed by atoms with Crippen LogP contribution in [0.3, 0.4) is 0 Å². The van der Waals surface area contributed by atoms with Crippen molar-refractivity contribution in [3.05, 3.63) is 28.8 Å². The lowest BCUT2D eigenvalue weighted by atomic mass is 10.2. The van der Waals surface area contributed by atoms with E-state index in [4.69, 9.17) is 12.2 Å². The standard InChI is InChI=1S/C13H14FN3OS/c1-7(12(18)15-9-3-4-9)17-11-6-8(14)2-5-10(11)16-13(17)19/h2,5-7,9H,3-4H2,1H3,(H,15,18)(H,16,19). The second-order valence-electron chi connectivity index (χ2n) is 4.92. The molecule has 1 atom stereocenters. The summed E-state index contributed by atoms with van der Waals surface area (Å²) in [6, 6.07) is 4.23. The number of H-pyrrole nitrogens is 1. The SMILES string of the molecule is CC(C(=O)NC1CC1)n1c(=S)[nH]c2ccc(F)cc21. The van der Waals surface area contributed by atoms with Gasteiger partial charge in [0.25, 0.3) is 0 Å². The quantitative estimate of drug-likeness (QED) is 0.849. The zero-order chi connectivity index (χ0) is 13.6. The van der Waals surface area contributed by atoms with Crippen molar-refractivity contribution in [1.82, 2.24) is 14.9 Å². The van der Waals surface area contributed by atoms with Gasteiger partial charge in [-0.15, -0.1) is 0 Å². The van der Waals surface area contributed by atoms with Gasteiger partial charge in [0.2, 0.25) is 5.91 Å². The highest BCUT2D eigenvalue weighted by molar-refractivity contribution is 7.71. The Morgan fingerprint density at radius 2 is 2.32 bits per heavy atom. The lowest BCUT2D eigenvalue weighted by Gasteiger charge is -2.14. The summed E-state index contributed by atoms with van der Waals surface area (Å²) in [5, 5.41) is 2.93. The molecule has 2 aromatic rings. The highest BCUT2D eigenvalue weighted by atomic mass is 32.1. The molecule has 1 aromatic carbocycles. The molecule has 4 nitrogen and oxygen atoms in total. The van der Waals surface area contributed by atoms with Crippen molar-refractivity contribution in [2.75, 3.05) is 0 Å². The van der Waals surface area contributed by atoms with E-state index in [1.807, 2.05) is 0 Å². The van der Waals surface area contributed by atoms with E-state index in [0.29, 0.717) is 16.3 Å². The number of hydrogen-bond donors (Lipinski definition) is 2.